The highest BCUT2D eigenvalue weighted by atomic mass is 16.5. The summed E-state index contributed by atoms with van der Waals surface area (Å²) >= 11 is 0. The molecule has 0 radical (unpaired) electrons. The Balaban J connectivity index is 2.04. The molecule has 5 heteroatoms. The molecule has 1 amide bonds. The topological polar surface area (TPSA) is 48.0 Å². The van der Waals surface area contributed by atoms with E-state index in [1.807, 2.05) is 59.5 Å². The summed E-state index contributed by atoms with van der Waals surface area (Å²) in [6, 6.07) is 15.6. The molecule has 0 unspecified atom stereocenters. The Hall–Kier alpha value is -2.79. The normalized spacial score (nSPS) is 16.1. The summed E-state index contributed by atoms with van der Waals surface area (Å²) in [5, 5.41) is 0. The fourth-order valence-electron chi connectivity index (χ4n) is 3.63. The first-order valence-electron chi connectivity index (χ1n) is 9.45. The summed E-state index contributed by atoms with van der Waals surface area (Å²) in [6.07, 6.45) is 1.84. The van der Waals surface area contributed by atoms with Gasteiger partial charge < -0.3 is 19.1 Å². The van der Waals surface area contributed by atoms with Crippen LogP contribution in [0.25, 0.3) is 0 Å². The Morgan fingerprint density at radius 1 is 1.04 bits per heavy atom. The minimum atomic E-state index is -0.381. The standard InChI is InChI=1S/C23H27NO4/c1-4-21(18-14-19(26-2)16-20(15-18)27-3)22(17-8-6-5-7-9-17)23(25)24-10-12-28-13-11-24/h4-9,14-16,21-22H,1,10-13H2,2-3H3/t21-,22-/m1/s1. The van der Waals surface area contributed by atoms with E-state index < -0.39 is 0 Å². The number of ether oxygens (including phenoxy) is 3. The van der Waals surface area contributed by atoms with Gasteiger partial charge >= 0.3 is 0 Å². The van der Waals surface area contributed by atoms with Crippen molar-refractivity contribution in [2.45, 2.75) is 11.8 Å². The Kier molecular flexibility index (Phi) is 6.71. The molecule has 0 aliphatic carbocycles. The van der Waals surface area contributed by atoms with Crippen LogP contribution in [0.5, 0.6) is 11.5 Å². The van der Waals surface area contributed by atoms with Gasteiger partial charge in [-0.2, -0.15) is 0 Å². The minimum absolute atomic E-state index is 0.0844. The molecule has 1 saturated heterocycles. The van der Waals surface area contributed by atoms with Crippen LogP contribution in [0.1, 0.15) is 23.0 Å². The number of methoxy groups -OCH3 is 2. The molecule has 0 spiro atoms. The molecule has 2 atom stereocenters. The van der Waals surface area contributed by atoms with E-state index in [-0.39, 0.29) is 17.7 Å². The summed E-state index contributed by atoms with van der Waals surface area (Å²) in [5.74, 6) is 0.857. The van der Waals surface area contributed by atoms with Gasteiger partial charge in [-0.15, -0.1) is 6.58 Å². The number of amides is 1. The van der Waals surface area contributed by atoms with Gasteiger partial charge in [-0.1, -0.05) is 36.4 Å². The lowest BCUT2D eigenvalue weighted by atomic mass is 9.80. The van der Waals surface area contributed by atoms with Crippen LogP contribution in [0.2, 0.25) is 0 Å². The van der Waals surface area contributed by atoms with E-state index in [4.69, 9.17) is 14.2 Å². The summed E-state index contributed by atoms with van der Waals surface area (Å²) in [6.45, 7) is 6.39. The molecule has 0 bridgehead atoms. The molecule has 148 valence electrons. The smallest absolute Gasteiger partial charge is 0.231 e. The number of morpholine rings is 1. The largest absolute Gasteiger partial charge is 0.497 e. The highest BCUT2D eigenvalue weighted by Crippen LogP contribution is 2.38. The fourth-order valence-corrected chi connectivity index (χ4v) is 3.63. The number of nitrogens with zero attached hydrogens (tertiary/aromatic N) is 1. The maximum atomic E-state index is 13.5. The molecule has 1 aliphatic rings. The quantitative estimate of drug-likeness (QED) is 0.688. The zero-order chi connectivity index (χ0) is 19.9. The zero-order valence-corrected chi connectivity index (χ0v) is 16.5. The first kappa shape index (κ1) is 20.0. The minimum Gasteiger partial charge on any atom is -0.497 e. The zero-order valence-electron chi connectivity index (χ0n) is 16.5. The number of carbonyl (C=O) groups is 1. The third-order valence-electron chi connectivity index (χ3n) is 5.12. The maximum Gasteiger partial charge on any atom is 0.231 e. The molecule has 2 aromatic rings. The molecule has 2 aromatic carbocycles. The summed E-state index contributed by atoms with van der Waals surface area (Å²) < 4.78 is 16.3. The molecule has 3 rings (SSSR count). The van der Waals surface area contributed by atoms with Crippen molar-refractivity contribution in [3.63, 3.8) is 0 Å². The number of carbonyl (C=O) groups excluding carboxylic acids is 1. The fraction of sp³-hybridized carbons (Fsp3) is 0.348. The maximum absolute atomic E-state index is 13.5. The van der Waals surface area contributed by atoms with Gasteiger partial charge in [0.15, 0.2) is 0 Å². The Morgan fingerprint density at radius 3 is 2.18 bits per heavy atom. The van der Waals surface area contributed by atoms with E-state index in [0.29, 0.717) is 37.8 Å². The molecule has 0 saturated carbocycles. The molecule has 1 heterocycles. The summed E-state index contributed by atoms with van der Waals surface area (Å²) in [7, 11) is 3.24. The van der Waals surface area contributed by atoms with Crippen LogP contribution in [-0.2, 0) is 9.53 Å². The number of rotatable bonds is 7. The van der Waals surface area contributed by atoms with Crippen molar-refractivity contribution in [2.75, 3.05) is 40.5 Å². The average molecular weight is 381 g/mol. The molecular formula is C23H27NO4. The second-order valence-corrected chi connectivity index (χ2v) is 6.73. The molecule has 5 nitrogen and oxygen atoms in total. The lowest BCUT2D eigenvalue weighted by Gasteiger charge is -2.33. The molecule has 0 aromatic heterocycles. The summed E-state index contributed by atoms with van der Waals surface area (Å²) in [4.78, 5) is 15.4. The number of hydrogen-bond donors (Lipinski definition) is 0. The predicted octanol–water partition coefficient (Wildman–Crippen LogP) is 3.62. The van der Waals surface area contributed by atoms with E-state index in [9.17, 15) is 4.79 Å². The van der Waals surface area contributed by atoms with Crippen molar-refractivity contribution < 1.29 is 19.0 Å². The van der Waals surface area contributed by atoms with Crippen LogP contribution in [-0.4, -0.2) is 51.3 Å². The van der Waals surface area contributed by atoms with Crippen LogP contribution >= 0.6 is 0 Å². The third-order valence-corrected chi connectivity index (χ3v) is 5.12. The average Bonchev–Trinajstić information content (AvgIpc) is 2.77. The van der Waals surface area contributed by atoms with Gasteiger partial charge in [-0.25, -0.2) is 0 Å². The van der Waals surface area contributed by atoms with Crippen LogP contribution in [0.15, 0.2) is 61.2 Å². The molecular weight excluding hydrogens is 354 g/mol. The van der Waals surface area contributed by atoms with Crippen molar-refractivity contribution in [2.24, 2.45) is 0 Å². The molecule has 0 N–H and O–H groups in total. The second kappa shape index (κ2) is 9.42. The van der Waals surface area contributed by atoms with Crippen molar-refractivity contribution in [1.29, 1.82) is 0 Å². The van der Waals surface area contributed by atoms with E-state index in [1.165, 1.54) is 0 Å². The highest BCUT2D eigenvalue weighted by molar-refractivity contribution is 5.85. The van der Waals surface area contributed by atoms with Crippen LogP contribution in [0, 0.1) is 0 Å². The number of hydrogen-bond acceptors (Lipinski definition) is 4. The second-order valence-electron chi connectivity index (χ2n) is 6.73. The lowest BCUT2D eigenvalue weighted by Crippen LogP contribution is -2.44. The van der Waals surface area contributed by atoms with Gasteiger partial charge in [0.1, 0.15) is 11.5 Å². The van der Waals surface area contributed by atoms with Crippen molar-refractivity contribution in [3.8, 4) is 11.5 Å². The van der Waals surface area contributed by atoms with E-state index in [1.54, 1.807) is 14.2 Å². The summed E-state index contributed by atoms with van der Waals surface area (Å²) in [5.41, 5.74) is 1.90. The first-order chi connectivity index (χ1) is 13.7. The van der Waals surface area contributed by atoms with Crippen molar-refractivity contribution >= 4 is 5.91 Å². The van der Waals surface area contributed by atoms with Crippen molar-refractivity contribution in [1.82, 2.24) is 4.90 Å². The Bertz CT molecular complexity index is 777. The number of allylic oxidation sites excluding steroid dienone is 1. The monoisotopic (exact) mass is 381 g/mol. The van der Waals surface area contributed by atoms with Crippen LogP contribution in [0.3, 0.4) is 0 Å². The van der Waals surface area contributed by atoms with E-state index in [2.05, 4.69) is 6.58 Å². The first-order valence-corrected chi connectivity index (χ1v) is 9.45. The Labute approximate surface area is 166 Å². The third kappa shape index (κ3) is 4.37. The van der Waals surface area contributed by atoms with Crippen molar-refractivity contribution in [3.05, 3.63) is 72.3 Å². The van der Waals surface area contributed by atoms with Gasteiger partial charge in [0.25, 0.3) is 0 Å². The van der Waals surface area contributed by atoms with Gasteiger partial charge in [0.05, 0.1) is 33.4 Å². The highest BCUT2D eigenvalue weighted by Gasteiger charge is 2.33. The molecule has 28 heavy (non-hydrogen) atoms. The predicted molar refractivity (Wildman–Crippen MR) is 109 cm³/mol. The van der Waals surface area contributed by atoms with Crippen LogP contribution in [0.4, 0.5) is 0 Å². The van der Waals surface area contributed by atoms with Gasteiger partial charge in [0, 0.05) is 25.1 Å². The Morgan fingerprint density at radius 2 is 1.64 bits per heavy atom. The molecule has 1 aliphatic heterocycles. The van der Waals surface area contributed by atoms with Gasteiger partial charge in [-0.3, -0.25) is 4.79 Å². The molecule has 1 fully saturated rings. The van der Waals surface area contributed by atoms with Gasteiger partial charge in [0.2, 0.25) is 5.91 Å². The van der Waals surface area contributed by atoms with Gasteiger partial charge in [-0.05, 0) is 23.3 Å². The van der Waals surface area contributed by atoms with E-state index in [0.717, 1.165) is 11.1 Å². The van der Waals surface area contributed by atoms with Crippen LogP contribution < -0.4 is 9.47 Å². The lowest BCUT2D eigenvalue weighted by molar-refractivity contribution is -0.137. The van der Waals surface area contributed by atoms with E-state index >= 15 is 0 Å². The number of benzene rings is 2. The SMILES string of the molecule is C=C[C@H](c1cc(OC)cc(OC)c1)[C@H](C(=O)N1CCOCC1)c1ccccc1.